The maximum absolute atomic E-state index is 11.7. The predicted octanol–water partition coefficient (Wildman–Crippen LogP) is 6.21. The van der Waals surface area contributed by atoms with Crippen LogP contribution in [0.3, 0.4) is 0 Å². The highest BCUT2D eigenvalue weighted by molar-refractivity contribution is 7.86. The van der Waals surface area contributed by atoms with E-state index in [4.69, 9.17) is 22.6 Å². The summed E-state index contributed by atoms with van der Waals surface area (Å²) in [6.45, 7) is 13.1. The summed E-state index contributed by atoms with van der Waals surface area (Å²) in [5.74, 6) is 2.64. The van der Waals surface area contributed by atoms with Crippen LogP contribution in [0.4, 0.5) is 0 Å². The summed E-state index contributed by atoms with van der Waals surface area (Å²) in [6, 6.07) is 0. The molecule has 0 radical (unpaired) electrons. The Kier molecular flexibility index (Phi) is 12.9. The van der Waals surface area contributed by atoms with E-state index >= 15 is 0 Å². The third kappa shape index (κ3) is 8.84. The van der Waals surface area contributed by atoms with Crippen LogP contribution in [0.1, 0.15) is 105 Å². The van der Waals surface area contributed by atoms with Crippen molar-refractivity contribution in [1.29, 1.82) is 0 Å². The van der Waals surface area contributed by atoms with Gasteiger partial charge in [0.2, 0.25) is 0 Å². The highest BCUT2D eigenvalue weighted by atomic mass is 32.2. The molecule has 4 aliphatic rings. The Morgan fingerprint density at radius 1 is 0.756 bits per heavy atom. The maximum Gasteiger partial charge on any atom is 0.264 e. The van der Waals surface area contributed by atoms with Gasteiger partial charge in [0.1, 0.15) is 0 Å². The van der Waals surface area contributed by atoms with Crippen LogP contribution in [0, 0.1) is 46.3 Å². The monoisotopic (exact) mass is 678 g/mol. The molecule has 0 amide bonds. The molecule has 11 heteroatoms. The smallest absolute Gasteiger partial charge is 0.264 e. The first kappa shape index (κ1) is 37.5. The van der Waals surface area contributed by atoms with Crippen LogP contribution in [0.5, 0.6) is 0 Å². The standard InChI is InChI=1S/C34H62O9S2/c1-8-10-11-24(3)27-12-13-28-32-29(23-31(34(27,28)5)41-18-20-43-45(7,37)38)33(4)15-14-26(39-16-9-2)21-25(33)22-30(32)40-17-19-42-44(6,35)36/h24-32H,8-23H2,1-7H3/t24-,25-,26+,27+,28-,29-,30+,31-,32-,33-,34+/m0/s1. The van der Waals surface area contributed by atoms with Gasteiger partial charge in [0.25, 0.3) is 20.2 Å². The summed E-state index contributed by atoms with van der Waals surface area (Å²) in [4.78, 5) is 0. The van der Waals surface area contributed by atoms with Crippen molar-refractivity contribution in [2.45, 2.75) is 124 Å². The van der Waals surface area contributed by atoms with Gasteiger partial charge in [0.05, 0.1) is 57.3 Å². The zero-order valence-electron chi connectivity index (χ0n) is 29.0. The van der Waals surface area contributed by atoms with Crippen LogP contribution < -0.4 is 0 Å². The number of unbranched alkanes of at least 4 members (excludes halogenated alkanes) is 1. The predicted molar refractivity (Wildman–Crippen MR) is 176 cm³/mol. The molecule has 0 N–H and O–H groups in total. The molecule has 0 heterocycles. The lowest BCUT2D eigenvalue weighted by atomic mass is 9.43. The first-order valence-electron chi connectivity index (χ1n) is 17.7. The van der Waals surface area contributed by atoms with Crippen LogP contribution in [0.2, 0.25) is 0 Å². The molecule has 0 bridgehead atoms. The van der Waals surface area contributed by atoms with Crippen molar-refractivity contribution in [2.75, 3.05) is 45.5 Å². The van der Waals surface area contributed by atoms with Crippen molar-refractivity contribution in [2.24, 2.45) is 46.3 Å². The van der Waals surface area contributed by atoms with Gasteiger partial charge in [-0.25, -0.2) is 0 Å². The van der Waals surface area contributed by atoms with E-state index in [1.54, 1.807) is 0 Å². The van der Waals surface area contributed by atoms with E-state index in [1.165, 1.54) is 19.3 Å². The molecule has 0 spiro atoms. The normalized spacial score (nSPS) is 39.2. The summed E-state index contributed by atoms with van der Waals surface area (Å²) in [7, 11) is -7.07. The molecular formula is C34H62O9S2. The first-order valence-corrected chi connectivity index (χ1v) is 21.3. The fraction of sp³-hybridized carbons (Fsp3) is 1.00. The van der Waals surface area contributed by atoms with Gasteiger partial charge in [-0.15, -0.1) is 0 Å². The summed E-state index contributed by atoms with van der Waals surface area (Å²) in [5.41, 5.74) is 0.0485. The average molecular weight is 679 g/mol. The zero-order chi connectivity index (χ0) is 33.0. The van der Waals surface area contributed by atoms with E-state index in [9.17, 15) is 16.8 Å². The van der Waals surface area contributed by atoms with E-state index in [-0.39, 0.29) is 55.6 Å². The summed E-state index contributed by atoms with van der Waals surface area (Å²) >= 11 is 0. The average Bonchev–Trinajstić information content (AvgIpc) is 3.32. The molecule has 45 heavy (non-hydrogen) atoms. The minimum Gasteiger partial charge on any atom is -0.378 e. The molecule has 4 rings (SSSR count). The Bertz CT molecular complexity index is 1160. The second-order valence-electron chi connectivity index (χ2n) is 15.2. The van der Waals surface area contributed by atoms with Crippen molar-refractivity contribution in [3.05, 3.63) is 0 Å². The number of ether oxygens (including phenoxy) is 3. The SMILES string of the molecule is CCCC[C@H](C)[C@H]1CC[C@H]2[C@@H]3[C@H](OCCOS(C)(=O)=O)C[C@@H]4C[C@H](OCCC)CC[C@]4(C)[C@H]3C[C@H](OCCOS(C)(=O)=O)[C@]12C. The van der Waals surface area contributed by atoms with E-state index in [1.807, 2.05) is 0 Å². The van der Waals surface area contributed by atoms with Crippen LogP contribution in [0.25, 0.3) is 0 Å². The summed E-state index contributed by atoms with van der Waals surface area (Å²) in [6.07, 6.45) is 14.4. The molecule has 0 unspecified atom stereocenters. The Balaban J connectivity index is 1.66. The van der Waals surface area contributed by atoms with E-state index < -0.39 is 20.2 Å². The minimum atomic E-state index is -3.54. The fourth-order valence-corrected chi connectivity index (χ4v) is 11.2. The fourth-order valence-electron chi connectivity index (χ4n) is 10.4. The highest BCUT2D eigenvalue weighted by Crippen LogP contribution is 2.69. The molecular weight excluding hydrogens is 616 g/mol. The van der Waals surface area contributed by atoms with E-state index in [0.29, 0.717) is 35.5 Å². The first-order chi connectivity index (χ1) is 21.1. The molecule has 9 nitrogen and oxygen atoms in total. The van der Waals surface area contributed by atoms with Crippen molar-refractivity contribution >= 4 is 20.2 Å². The van der Waals surface area contributed by atoms with E-state index in [2.05, 4.69) is 34.6 Å². The Hall–Kier alpha value is -0.300. The Labute approximate surface area is 274 Å². The molecule has 264 valence electrons. The molecule has 0 aliphatic heterocycles. The van der Waals surface area contributed by atoms with Crippen molar-refractivity contribution in [3.8, 4) is 0 Å². The molecule has 11 atom stereocenters. The molecule has 0 saturated heterocycles. The van der Waals surface area contributed by atoms with Gasteiger partial charge in [0, 0.05) is 12.0 Å². The third-order valence-corrected chi connectivity index (χ3v) is 13.6. The number of hydrogen-bond acceptors (Lipinski definition) is 9. The van der Waals surface area contributed by atoms with Gasteiger partial charge in [-0.05, 0) is 92.3 Å². The molecule has 4 fully saturated rings. The number of hydrogen-bond donors (Lipinski definition) is 0. The lowest BCUT2D eigenvalue weighted by Crippen LogP contribution is -2.63. The van der Waals surface area contributed by atoms with Crippen LogP contribution in [0.15, 0.2) is 0 Å². The summed E-state index contributed by atoms with van der Waals surface area (Å²) in [5, 5.41) is 0. The van der Waals surface area contributed by atoms with Crippen LogP contribution in [-0.2, 0) is 42.8 Å². The van der Waals surface area contributed by atoms with Gasteiger partial charge >= 0.3 is 0 Å². The number of rotatable bonds is 17. The van der Waals surface area contributed by atoms with Crippen molar-refractivity contribution < 1.29 is 39.4 Å². The minimum absolute atomic E-state index is 0.00217. The number of fused-ring (bicyclic) bond motifs is 5. The topological polar surface area (TPSA) is 114 Å². The molecule has 4 saturated carbocycles. The van der Waals surface area contributed by atoms with Gasteiger partial charge in [-0.3, -0.25) is 8.37 Å². The quantitative estimate of drug-likeness (QED) is 0.131. The van der Waals surface area contributed by atoms with Gasteiger partial charge in [0.15, 0.2) is 0 Å². The molecule has 0 aromatic rings. The van der Waals surface area contributed by atoms with E-state index in [0.717, 1.165) is 70.5 Å². The Morgan fingerprint density at radius 3 is 2.04 bits per heavy atom. The molecule has 0 aromatic carbocycles. The summed E-state index contributed by atoms with van der Waals surface area (Å²) < 4.78 is 76.7. The maximum atomic E-state index is 11.7. The molecule has 4 aliphatic carbocycles. The third-order valence-electron chi connectivity index (χ3n) is 12.4. The van der Waals surface area contributed by atoms with Crippen LogP contribution >= 0.6 is 0 Å². The lowest BCUT2D eigenvalue weighted by molar-refractivity contribution is -0.228. The van der Waals surface area contributed by atoms with Crippen molar-refractivity contribution in [1.82, 2.24) is 0 Å². The largest absolute Gasteiger partial charge is 0.378 e. The second kappa shape index (κ2) is 15.5. The Morgan fingerprint density at radius 2 is 1.42 bits per heavy atom. The van der Waals surface area contributed by atoms with Gasteiger partial charge in [-0.1, -0.05) is 53.9 Å². The van der Waals surface area contributed by atoms with Crippen LogP contribution in [-0.4, -0.2) is 80.7 Å². The second-order valence-corrected chi connectivity index (χ2v) is 18.5. The lowest BCUT2D eigenvalue weighted by Gasteiger charge is -2.64. The molecule has 0 aromatic heterocycles. The van der Waals surface area contributed by atoms with Gasteiger partial charge < -0.3 is 14.2 Å². The highest BCUT2D eigenvalue weighted by Gasteiger charge is 2.66. The van der Waals surface area contributed by atoms with Gasteiger partial charge in [-0.2, -0.15) is 16.8 Å². The zero-order valence-corrected chi connectivity index (χ0v) is 30.6. The van der Waals surface area contributed by atoms with Crippen molar-refractivity contribution in [3.63, 3.8) is 0 Å².